The molecule has 2 aromatic carbocycles. The van der Waals surface area contributed by atoms with Crippen LogP contribution in [-0.4, -0.2) is 37.0 Å². The molecule has 0 fully saturated rings. The maximum absolute atomic E-state index is 11.6. The van der Waals surface area contributed by atoms with Gasteiger partial charge in [0.2, 0.25) is 5.91 Å². The summed E-state index contributed by atoms with van der Waals surface area (Å²) in [5.41, 5.74) is 5.55. The summed E-state index contributed by atoms with van der Waals surface area (Å²) in [6.07, 6.45) is 0. The van der Waals surface area contributed by atoms with Gasteiger partial charge in [0.05, 0.1) is 12.6 Å². The molecule has 4 nitrogen and oxygen atoms in total. The van der Waals surface area contributed by atoms with Crippen molar-refractivity contribution in [2.45, 2.75) is 13.0 Å². The van der Waals surface area contributed by atoms with Crippen molar-refractivity contribution in [3.63, 3.8) is 0 Å². The molecular weight excluding hydrogens is 252 g/mol. The maximum atomic E-state index is 11.6. The van der Waals surface area contributed by atoms with E-state index in [-0.39, 0.29) is 5.91 Å². The van der Waals surface area contributed by atoms with Crippen LogP contribution in [0.3, 0.4) is 0 Å². The fraction of sp³-hybridized carbons (Fsp3) is 0.312. The average Bonchev–Trinajstić information content (AvgIpc) is 2.46. The molecule has 0 aromatic heterocycles. The highest BCUT2D eigenvalue weighted by molar-refractivity contribution is 5.83. The third-order valence-electron chi connectivity index (χ3n) is 3.18. The van der Waals surface area contributed by atoms with E-state index in [9.17, 15) is 4.79 Å². The van der Waals surface area contributed by atoms with Crippen molar-refractivity contribution in [3.05, 3.63) is 42.5 Å². The Labute approximate surface area is 119 Å². The second kappa shape index (κ2) is 6.39. The third-order valence-corrected chi connectivity index (χ3v) is 3.18. The highest BCUT2D eigenvalue weighted by Crippen LogP contribution is 2.20. The Bertz CT molecular complexity index is 596. The summed E-state index contributed by atoms with van der Waals surface area (Å²) in [5, 5.41) is 2.33. The summed E-state index contributed by atoms with van der Waals surface area (Å²) in [5.74, 6) is 0.734. The Kier molecular flexibility index (Phi) is 4.58. The molecule has 0 spiro atoms. The lowest BCUT2D eigenvalue weighted by molar-refractivity contribution is -0.131. The molecule has 0 aliphatic heterocycles. The predicted octanol–water partition coefficient (Wildman–Crippen LogP) is 2.02. The van der Waals surface area contributed by atoms with Gasteiger partial charge in [-0.25, -0.2) is 0 Å². The van der Waals surface area contributed by atoms with Gasteiger partial charge in [0.25, 0.3) is 0 Å². The van der Waals surface area contributed by atoms with Gasteiger partial charge in [-0.3, -0.25) is 4.79 Å². The highest BCUT2D eigenvalue weighted by atomic mass is 16.5. The molecule has 2 N–H and O–H groups in total. The van der Waals surface area contributed by atoms with E-state index >= 15 is 0 Å². The van der Waals surface area contributed by atoms with Crippen LogP contribution < -0.4 is 10.5 Å². The molecule has 1 amide bonds. The number of carbonyl (C=O) groups excluding carboxylic acids is 1. The smallest absolute Gasteiger partial charge is 0.239 e. The minimum Gasteiger partial charge on any atom is -0.492 e. The van der Waals surface area contributed by atoms with Crippen LogP contribution in [0.2, 0.25) is 0 Å². The molecule has 0 saturated carbocycles. The normalized spacial score (nSPS) is 12.2. The minimum absolute atomic E-state index is 0.0767. The van der Waals surface area contributed by atoms with Gasteiger partial charge in [-0.1, -0.05) is 30.3 Å². The molecule has 0 aliphatic rings. The number of fused-ring (bicyclic) bond motifs is 1. The molecule has 4 heteroatoms. The quantitative estimate of drug-likeness (QED) is 0.906. The highest BCUT2D eigenvalue weighted by Gasteiger charge is 2.12. The monoisotopic (exact) mass is 272 g/mol. The number of hydrogen-bond acceptors (Lipinski definition) is 3. The van der Waals surface area contributed by atoms with Crippen LogP contribution in [0.25, 0.3) is 10.8 Å². The molecule has 20 heavy (non-hydrogen) atoms. The maximum Gasteiger partial charge on any atom is 0.239 e. The third kappa shape index (κ3) is 3.48. The Morgan fingerprint density at radius 2 is 1.95 bits per heavy atom. The van der Waals surface area contributed by atoms with E-state index in [1.807, 2.05) is 36.4 Å². The topological polar surface area (TPSA) is 55.6 Å². The zero-order chi connectivity index (χ0) is 14.5. The summed E-state index contributed by atoms with van der Waals surface area (Å²) in [4.78, 5) is 13.2. The first-order chi connectivity index (χ1) is 9.58. The number of amides is 1. The molecule has 1 unspecified atom stereocenters. The second-order valence-corrected chi connectivity index (χ2v) is 4.91. The van der Waals surface area contributed by atoms with Gasteiger partial charge in [-0.15, -0.1) is 0 Å². The van der Waals surface area contributed by atoms with Crippen LogP contribution >= 0.6 is 0 Å². The van der Waals surface area contributed by atoms with E-state index in [0.29, 0.717) is 13.2 Å². The number of ether oxygens (including phenoxy) is 1. The van der Waals surface area contributed by atoms with Crippen molar-refractivity contribution in [1.82, 2.24) is 4.90 Å². The fourth-order valence-corrected chi connectivity index (χ4v) is 2.02. The van der Waals surface area contributed by atoms with E-state index in [1.165, 1.54) is 5.39 Å². The first-order valence-electron chi connectivity index (χ1n) is 6.70. The SMILES string of the molecule is CC(N)C(=O)N(C)CCOc1ccc2ccccc2c1. The van der Waals surface area contributed by atoms with Crippen molar-refractivity contribution < 1.29 is 9.53 Å². The van der Waals surface area contributed by atoms with Crippen LogP contribution in [0, 0.1) is 0 Å². The number of carbonyl (C=O) groups is 1. The zero-order valence-corrected chi connectivity index (χ0v) is 11.9. The van der Waals surface area contributed by atoms with Crippen LogP contribution in [0.1, 0.15) is 6.92 Å². The Morgan fingerprint density at radius 3 is 2.65 bits per heavy atom. The summed E-state index contributed by atoms with van der Waals surface area (Å²) >= 11 is 0. The summed E-state index contributed by atoms with van der Waals surface area (Å²) < 4.78 is 5.68. The number of nitrogens with two attached hydrogens (primary N) is 1. The average molecular weight is 272 g/mol. The fourth-order valence-electron chi connectivity index (χ4n) is 2.02. The lowest BCUT2D eigenvalue weighted by Gasteiger charge is -2.19. The molecule has 1 atom stereocenters. The molecule has 2 aromatic rings. The van der Waals surface area contributed by atoms with Crippen molar-refractivity contribution in [2.24, 2.45) is 5.73 Å². The number of rotatable bonds is 5. The van der Waals surface area contributed by atoms with Gasteiger partial charge in [0, 0.05) is 7.05 Å². The van der Waals surface area contributed by atoms with Gasteiger partial charge in [-0.05, 0) is 29.8 Å². The number of nitrogens with zero attached hydrogens (tertiary/aromatic N) is 1. The van der Waals surface area contributed by atoms with Crippen molar-refractivity contribution in [1.29, 1.82) is 0 Å². The van der Waals surface area contributed by atoms with Crippen molar-refractivity contribution >= 4 is 16.7 Å². The van der Waals surface area contributed by atoms with Crippen molar-refractivity contribution in [2.75, 3.05) is 20.2 Å². The Morgan fingerprint density at radius 1 is 1.25 bits per heavy atom. The van der Waals surface area contributed by atoms with Gasteiger partial charge in [0.15, 0.2) is 0 Å². The van der Waals surface area contributed by atoms with Crippen LogP contribution in [-0.2, 0) is 4.79 Å². The Hall–Kier alpha value is -2.07. The van der Waals surface area contributed by atoms with E-state index in [1.54, 1.807) is 18.9 Å². The predicted molar refractivity (Wildman–Crippen MR) is 80.7 cm³/mol. The molecule has 106 valence electrons. The summed E-state index contributed by atoms with van der Waals surface area (Å²) in [7, 11) is 1.73. The number of hydrogen-bond donors (Lipinski definition) is 1. The van der Waals surface area contributed by atoms with Gasteiger partial charge >= 0.3 is 0 Å². The standard InChI is InChI=1S/C16H20N2O2/c1-12(17)16(19)18(2)9-10-20-15-8-7-13-5-3-4-6-14(13)11-15/h3-8,11-12H,9-10,17H2,1-2H3. The van der Waals surface area contributed by atoms with E-state index in [2.05, 4.69) is 6.07 Å². The first-order valence-corrected chi connectivity index (χ1v) is 6.70. The molecule has 2 rings (SSSR count). The van der Waals surface area contributed by atoms with Gasteiger partial charge in [-0.2, -0.15) is 0 Å². The number of likely N-dealkylation sites (N-methyl/N-ethyl adjacent to an activating group) is 1. The summed E-state index contributed by atoms with van der Waals surface area (Å²) in [6.45, 7) is 2.66. The second-order valence-electron chi connectivity index (χ2n) is 4.91. The molecule has 0 bridgehead atoms. The molecular formula is C16H20N2O2. The Balaban J connectivity index is 1.91. The molecule has 0 saturated heterocycles. The molecule has 0 radical (unpaired) electrons. The molecule has 0 aliphatic carbocycles. The van der Waals surface area contributed by atoms with E-state index < -0.39 is 6.04 Å². The van der Waals surface area contributed by atoms with E-state index in [4.69, 9.17) is 10.5 Å². The van der Waals surface area contributed by atoms with Gasteiger partial charge < -0.3 is 15.4 Å². The summed E-state index contributed by atoms with van der Waals surface area (Å²) in [6, 6.07) is 13.6. The minimum atomic E-state index is -0.472. The van der Waals surface area contributed by atoms with Crippen LogP contribution in [0.4, 0.5) is 0 Å². The van der Waals surface area contributed by atoms with Crippen molar-refractivity contribution in [3.8, 4) is 5.75 Å². The zero-order valence-electron chi connectivity index (χ0n) is 11.9. The first kappa shape index (κ1) is 14.3. The van der Waals surface area contributed by atoms with Crippen LogP contribution in [0.15, 0.2) is 42.5 Å². The van der Waals surface area contributed by atoms with E-state index in [0.717, 1.165) is 11.1 Å². The number of benzene rings is 2. The largest absolute Gasteiger partial charge is 0.492 e. The van der Waals surface area contributed by atoms with Gasteiger partial charge in [0.1, 0.15) is 12.4 Å². The lowest BCUT2D eigenvalue weighted by atomic mass is 10.1. The van der Waals surface area contributed by atoms with Crippen LogP contribution in [0.5, 0.6) is 5.75 Å². The lowest BCUT2D eigenvalue weighted by Crippen LogP contribution is -2.41. The molecule has 0 heterocycles.